The van der Waals surface area contributed by atoms with Crippen LogP contribution in [-0.4, -0.2) is 18.5 Å². The summed E-state index contributed by atoms with van der Waals surface area (Å²) in [4.78, 5) is 12.2. The Kier molecular flexibility index (Phi) is 5.69. The first-order valence-corrected chi connectivity index (χ1v) is 7.23. The van der Waals surface area contributed by atoms with E-state index in [-0.39, 0.29) is 0 Å². The van der Waals surface area contributed by atoms with Crippen molar-refractivity contribution >= 4 is 5.97 Å². The fraction of sp³-hybridized carbons (Fsp3) is 0.278. The Morgan fingerprint density at radius 3 is 2.14 bits per heavy atom. The zero-order valence-corrected chi connectivity index (χ0v) is 12.8. The first kappa shape index (κ1) is 16.2. The Morgan fingerprint density at radius 2 is 1.55 bits per heavy atom. The fourth-order valence-electron chi connectivity index (χ4n) is 1.95. The van der Waals surface area contributed by atoms with Gasteiger partial charge in [0.1, 0.15) is 0 Å². The Labute approximate surface area is 130 Å². The van der Waals surface area contributed by atoms with E-state index in [0.29, 0.717) is 18.8 Å². The monoisotopic (exact) mass is 300 g/mol. The summed E-state index contributed by atoms with van der Waals surface area (Å²) in [6, 6.07) is 18.4. The zero-order valence-electron chi connectivity index (χ0n) is 12.8. The summed E-state index contributed by atoms with van der Waals surface area (Å²) in [5.41, 5.74) is 1.43. The lowest BCUT2D eigenvalue weighted by Gasteiger charge is -2.28. The number of hydrogen-bond donors (Lipinski definition) is 0. The van der Waals surface area contributed by atoms with Crippen molar-refractivity contribution in [3.8, 4) is 0 Å². The standard InChI is InChI=1S/C18H20O4/c1-3-20-18(2,21-14-15-10-6-4-7-11-15)22-17(19)16-12-8-5-9-13-16/h4-13H,3,14H2,1-2H3. The SMILES string of the molecule is CCOC(C)(OCc1ccccc1)OC(=O)c1ccccc1. The van der Waals surface area contributed by atoms with Gasteiger partial charge in [0.05, 0.1) is 18.8 Å². The average Bonchev–Trinajstić information content (AvgIpc) is 2.55. The van der Waals surface area contributed by atoms with Crippen LogP contribution >= 0.6 is 0 Å². The minimum absolute atomic E-state index is 0.291. The van der Waals surface area contributed by atoms with Crippen LogP contribution in [0.25, 0.3) is 0 Å². The second-order valence-electron chi connectivity index (χ2n) is 4.83. The van der Waals surface area contributed by atoms with Crippen molar-refractivity contribution in [2.24, 2.45) is 0 Å². The van der Waals surface area contributed by atoms with Crippen molar-refractivity contribution < 1.29 is 19.0 Å². The van der Waals surface area contributed by atoms with Crippen LogP contribution < -0.4 is 0 Å². The predicted octanol–water partition coefficient (Wildman–Crippen LogP) is 3.77. The van der Waals surface area contributed by atoms with Gasteiger partial charge in [-0.1, -0.05) is 48.5 Å². The maximum Gasteiger partial charge on any atom is 0.342 e. The molecule has 0 aromatic heterocycles. The Morgan fingerprint density at radius 1 is 0.955 bits per heavy atom. The number of rotatable bonds is 7. The van der Waals surface area contributed by atoms with Crippen LogP contribution in [0.1, 0.15) is 29.8 Å². The molecule has 2 rings (SSSR count). The first-order valence-electron chi connectivity index (χ1n) is 7.23. The van der Waals surface area contributed by atoms with Crippen LogP contribution in [0.3, 0.4) is 0 Å². The molecule has 2 aromatic carbocycles. The highest BCUT2D eigenvalue weighted by Crippen LogP contribution is 2.19. The summed E-state index contributed by atoms with van der Waals surface area (Å²) >= 11 is 0. The third kappa shape index (κ3) is 4.69. The molecule has 0 radical (unpaired) electrons. The molecule has 0 aliphatic heterocycles. The lowest BCUT2D eigenvalue weighted by Crippen LogP contribution is -2.38. The van der Waals surface area contributed by atoms with Gasteiger partial charge in [0.25, 0.3) is 0 Å². The van der Waals surface area contributed by atoms with E-state index in [4.69, 9.17) is 14.2 Å². The second-order valence-corrected chi connectivity index (χ2v) is 4.83. The molecule has 4 nitrogen and oxygen atoms in total. The summed E-state index contributed by atoms with van der Waals surface area (Å²) in [6.45, 7) is 4.08. The molecule has 0 heterocycles. The van der Waals surface area contributed by atoms with E-state index < -0.39 is 11.9 Å². The Bertz CT molecular complexity index is 583. The molecule has 0 aliphatic rings. The van der Waals surface area contributed by atoms with Gasteiger partial charge in [-0.15, -0.1) is 0 Å². The molecule has 0 fully saturated rings. The Balaban J connectivity index is 2.02. The molecule has 0 N–H and O–H groups in total. The predicted molar refractivity (Wildman–Crippen MR) is 83.1 cm³/mol. The van der Waals surface area contributed by atoms with E-state index in [1.54, 1.807) is 31.2 Å². The molecule has 1 unspecified atom stereocenters. The fourth-order valence-corrected chi connectivity index (χ4v) is 1.95. The number of benzene rings is 2. The summed E-state index contributed by atoms with van der Waals surface area (Å²) < 4.78 is 16.6. The summed E-state index contributed by atoms with van der Waals surface area (Å²) in [7, 11) is 0. The highest BCUT2D eigenvalue weighted by atomic mass is 16.9. The van der Waals surface area contributed by atoms with Crippen LogP contribution in [0.2, 0.25) is 0 Å². The molecule has 116 valence electrons. The molecule has 0 saturated carbocycles. The number of hydrogen-bond acceptors (Lipinski definition) is 4. The molecule has 0 bridgehead atoms. The van der Waals surface area contributed by atoms with E-state index in [0.717, 1.165) is 5.56 Å². The average molecular weight is 300 g/mol. The third-order valence-corrected chi connectivity index (χ3v) is 3.04. The molecular formula is C18H20O4. The van der Waals surface area contributed by atoms with Crippen molar-refractivity contribution in [3.05, 3.63) is 71.8 Å². The molecule has 0 amide bonds. The van der Waals surface area contributed by atoms with Gasteiger partial charge in [-0.25, -0.2) is 4.79 Å². The molecule has 0 spiro atoms. The quantitative estimate of drug-likeness (QED) is 0.577. The third-order valence-electron chi connectivity index (χ3n) is 3.04. The van der Waals surface area contributed by atoms with Crippen LogP contribution in [0, 0.1) is 0 Å². The molecule has 0 aliphatic carbocycles. The van der Waals surface area contributed by atoms with Gasteiger partial charge in [-0.3, -0.25) is 0 Å². The molecule has 22 heavy (non-hydrogen) atoms. The number of carbonyl (C=O) groups excluding carboxylic acids is 1. The molecule has 0 saturated heterocycles. The van der Waals surface area contributed by atoms with Gasteiger partial charge in [-0.2, -0.15) is 0 Å². The second kappa shape index (κ2) is 7.73. The lowest BCUT2D eigenvalue weighted by atomic mass is 10.2. The molecule has 2 aromatic rings. The van der Waals surface area contributed by atoms with Crippen molar-refractivity contribution in [1.29, 1.82) is 0 Å². The van der Waals surface area contributed by atoms with E-state index in [2.05, 4.69) is 0 Å². The lowest BCUT2D eigenvalue weighted by molar-refractivity contribution is -0.348. The first-order chi connectivity index (χ1) is 10.6. The van der Waals surface area contributed by atoms with Gasteiger partial charge >= 0.3 is 11.9 Å². The number of carbonyl (C=O) groups is 1. The van der Waals surface area contributed by atoms with Crippen LogP contribution in [0.15, 0.2) is 60.7 Å². The van der Waals surface area contributed by atoms with Crippen molar-refractivity contribution in [3.63, 3.8) is 0 Å². The van der Waals surface area contributed by atoms with Crippen LogP contribution in [0.5, 0.6) is 0 Å². The summed E-state index contributed by atoms with van der Waals surface area (Å²) in [5.74, 6) is -1.90. The topological polar surface area (TPSA) is 44.8 Å². The molecule has 1 atom stereocenters. The van der Waals surface area contributed by atoms with Crippen molar-refractivity contribution in [2.45, 2.75) is 26.4 Å². The highest BCUT2D eigenvalue weighted by molar-refractivity contribution is 5.89. The van der Waals surface area contributed by atoms with E-state index in [1.165, 1.54) is 0 Å². The van der Waals surface area contributed by atoms with E-state index in [9.17, 15) is 4.79 Å². The molecular weight excluding hydrogens is 280 g/mol. The highest BCUT2D eigenvalue weighted by Gasteiger charge is 2.31. The normalized spacial score (nSPS) is 13.4. The zero-order chi connectivity index (χ0) is 15.8. The maximum absolute atomic E-state index is 12.2. The van der Waals surface area contributed by atoms with Gasteiger partial charge in [-0.05, 0) is 24.6 Å². The van der Waals surface area contributed by atoms with Gasteiger partial charge in [0, 0.05) is 6.92 Å². The minimum Gasteiger partial charge on any atom is -0.404 e. The Hall–Kier alpha value is -2.17. The number of esters is 1. The van der Waals surface area contributed by atoms with Crippen molar-refractivity contribution in [2.75, 3.05) is 6.61 Å². The van der Waals surface area contributed by atoms with E-state index in [1.807, 2.05) is 43.3 Å². The summed E-state index contributed by atoms with van der Waals surface area (Å²) in [5, 5.41) is 0. The maximum atomic E-state index is 12.2. The van der Waals surface area contributed by atoms with E-state index >= 15 is 0 Å². The van der Waals surface area contributed by atoms with Crippen molar-refractivity contribution in [1.82, 2.24) is 0 Å². The largest absolute Gasteiger partial charge is 0.404 e. The van der Waals surface area contributed by atoms with Gasteiger partial charge in [0.15, 0.2) is 0 Å². The molecule has 4 heteroatoms. The van der Waals surface area contributed by atoms with Crippen LogP contribution in [0.4, 0.5) is 0 Å². The van der Waals surface area contributed by atoms with Crippen LogP contribution in [-0.2, 0) is 20.8 Å². The van der Waals surface area contributed by atoms with Gasteiger partial charge < -0.3 is 14.2 Å². The summed E-state index contributed by atoms with van der Waals surface area (Å²) in [6.07, 6.45) is 0. The van der Waals surface area contributed by atoms with Gasteiger partial charge in [0.2, 0.25) is 0 Å². The smallest absolute Gasteiger partial charge is 0.342 e. The number of ether oxygens (including phenoxy) is 3. The minimum atomic E-state index is -1.42.